The van der Waals surface area contributed by atoms with Gasteiger partial charge < -0.3 is 19.7 Å². The second kappa shape index (κ2) is 6.33. The highest BCUT2D eigenvalue weighted by molar-refractivity contribution is 7.14. The van der Waals surface area contributed by atoms with E-state index in [1.165, 1.54) is 17.5 Å². The molecule has 0 saturated carbocycles. The van der Waals surface area contributed by atoms with E-state index in [1.54, 1.807) is 11.0 Å². The van der Waals surface area contributed by atoms with Crippen molar-refractivity contribution >= 4 is 23.2 Å². The Kier molecular flexibility index (Phi) is 4.12. The van der Waals surface area contributed by atoms with Gasteiger partial charge in [-0.15, -0.1) is 11.3 Å². The predicted octanol–water partition coefficient (Wildman–Crippen LogP) is 1.23. The number of likely N-dealkylation sites (tertiary alicyclic amines) is 1. The summed E-state index contributed by atoms with van der Waals surface area (Å²) in [5, 5.41) is 9.27. The van der Waals surface area contributed by atoms with E-state index < -0.39 is 11.6 Å². The van der Waals surface area contributed by atoms with Crippen LogP contribution in [-0.2, 0) is 16.8 Å². The number of carbonyl (C=O) groups excluding carboxylic acids is 1. The molecule has 4 rings (SSSR count). The van der Waals surface area contributed by atoms with Crippen LogP contribution in [-0.4, -0.2) is 51.5 Å². The zero-order valence-corrected chi connectivity index (χ0v) is 14.7. The van der Waals surface area contributed by atoms with Crippen molar-refractivity contribution in [1.82, 2.24) is 14.9 Å². The van der Waals surface area contributed by atoms with Crippen LogP contribution in [0.5, 0.6) is 0 Å². The summed E-state index contributed by atoms with van der Waals surface area (Å²) in [5.41, 5.74) is 0.288. The fraction of sp³-hybridized carbons (Fsp3) is 0.412. The first-order valence-electron chi connectivity index (χ1n) is 8.33. The molecule has 136 valence electrons. The Hall–Kier alpha value is -2.52. The Bertz CT molecular complexity index is 906. The summed E-state index contributed by atoms with van der Waals surface area (Å²) >= 11 is 1.31. The second-order valence-corrected chi connectivity index (χ2v) is 7.57. The normalized spacial score (nSPS) is 18.5. The van der Waals surface area contributed by atoms with E-state index in [-0.39, 0.29) is 17.2 Å². The van der Waals surface area contributed by atoms with Crippen LogP contribution >= 0.6 is 11.3 Å². The summed E-state index contributed by atoms with van der Waals surface area (Å²) in [6.45, 7) is 1.52. The van der Waals surface area contributed by atoms with Gasteiger partial charge in [-0.1, -0.05) is 0 Å². The van der Waals surface area contributed by atoms with E-state index in [4.69, 9.17) is 4.74 Å². The first kappa shape index (κ1) is 16.9. The molecule has 9 heteroatoms. The molecule has 4 heterocycles. The number of carboxylic acid groups (broad SMARTS) is 1. The maximum atomic E-state index is 12.5. The van der Waals surface area contributed by atoms with Gasteiger partial charge in [-0.25, -0.2) is 9.78 Å². The molecule has 2 aliphatic heterocycles. The number of amides is 1. The van der Waals surface area contributed by atoms with Crippen LogP contribution in [0.4, 0.5) is 0 Å². The minimum absolute atomic E-state index is 0.203. The zero-order chi connectivity index (χ0) is 18.3. The summed E-state index contributed by atoms with van der Waals surface area (Å²) in [7, 11) is 0. The lowest BCUT2D eigenvalue weighted by atomic mass is 9.82. The molecule has 1 saturated heterocycles. The van der Waals surface area contributed by atoms with Crippen LogP contribution in [0.3, 0.4) is 0 Å². The van der Waals surface area contributed by atoms with Gasteiger partial charge in [0.1, 0.15) is 10.6 Å². The van der Waals surface area contributed by atoms with Crippen molar-refractivity contribution in [3.05, 3.63) is 49.8 Å². The summed E-state index contributed by atoms with van der Waals surface area (Å²) in [5.74, 6) is -1.15. The number of carboxylic acids is 1. The van der Waals surface area contributed by atoms with Crippen molar-refractivity contribution < 1.29 is 19.4 Å². The van der Waals surface area contributed by atoms with Crippen LogP contribution < -0.4 is 5.56 Å². The number of hydrogen-bond acceptors (Lipinski definition) is 6. The van der Waals surface area contributed by atoms with E-state index >= 15 is 0 Å². The number of nitrogens with one attached hydrogen (secondary N) is 1. The Labute approximate surface area is 152 Å². The summed E-state index contributed by atoms with van der Waals surface area (Å²) in [4.78, 5) is 44.4. The molecule has 1 amide bonds. The van der Waals surface area contributed by atoms with Crippen molar-refractivity contribution in [2.75, 3.05) is 19.7 Å². The lowest BCUT2D eigenvalue weighted by Crippen LogP contribution is -2.48. The maximum Gasteiger partial charge on any atom is 0.345 e. The number of ether oxygens (including phenoxy) is 1. The molecule has 2 aromatic rings. The molecule has 0 aromatic carbocycles. The Morgan fingerprint density at radius 1 is 1.35 bits per heavy atom. The SMILES string of the molecule is O=C(O)c1cc2c(s1)CCOC21CCN(C(=O)c2c[nH]c(=O)cn2)CC1. The fourth-order valence-electron chi connectivity index (χ4n) is 3.63. The van der Waals surface area contributed by atoms with Crippen LogP contribution in [0.2, 0.25) is 0 Å². The van der Waals surface area contributed by atoms with Gasteiger partial charge in [0, 0.05) is 30.6 Å². The van der Waals surface area contributed by atoms with Gasteiger partial charge in [0.05, 0.1) is 18.4 Å². The van der Waals surface area contributed by atoms with Gasteiger partial charge in [0.15, 0.2) is 0 Å². The molecule has 1 spiro atoms. The van der Waals surface area contributed by atoms with Crippen LogP contribution in [0.15, 0.2) is 23.3 Å². The maximum absolute atomic E-state index is 12.5. The summed E-state index contributed by atoms with van der Waals surface area (Å²) in [6, 6.07) is 1.72. The Morgan fingerprint density at radius 3 is 2.77 bits per heavy atom. The molecule has 1 fully saturated rings. The van der Waals surface area contributed by atoms with Crippen molar-refractivity contribution in [1.29, 1.82) is 0 Å². The lowest BCUT2D eigenvalue weighted by molar-refractivity contribution is -0.0927. The number of aromatic amines is 1. The largest absolute Gasteiger partial charge is 0.477 e. The number of fused-ring (bicyclic) bond motifs is 2. The Morgan fingerprint density at radius 2 is 2.12 bits per heavy atom. The van der Waals surface area contributed by atoms with Crippen molar-refractivity contribution in [3.8, 4) is 0 Å². The molecular weight excluding hydrogens is 358 g/mol. The van der Waals surface area contributed by atoms with Crippen molar-refractivity contribution in [2.45, 2.75) is 24.9 Å². The predicted molar refractivity (Wildman–Crippen MR) is 92.6 cm³/mol. The summed E-state index contributed by atoms with van der Waals surface area (Å²) in [6.07, 6.45) is 4.34. The fourth-order valence-corrected chi connectivity index (χ4v) is 4.70. The molecule has 0 unspecified atom stereocenters. The molecule has 2 aliphatic rings. The van der Waals surface area contributed by atoms with Gasteiger partial charge in [-0.2, -0.15) is 0 Å². The number of H-pyrrole nitrogens is 1. The lowest BCUT2D eigenvalue weighted by Gasteiger charge is -2.43. The standard InChI is InChI=1S/C17H17N3O5S/c21-14-9-18-11(8-19-14)15(22)20-4-2-17(3-5-20)10-7-13(16(23)24)26-12(10)1-6-25-17/h7-9H,1-6H2,(H,19,21)(H,23,24). The molecule has 0 radical (unpaired) electrons. The van der Waals surface area contributed by atoms with E-state index in [0.717, 1.165) is 23.1 Å². The zero-order valence-electron chi connectivity index (χ0n) is 13.9. The number of rotatable bonds is 2. The molecule has 2 N–H and O–H groups in total. The number of thiophene rings is 1. The van der Waals surface area contributed by atoms with Crippen LogP contribution in [0.1, 0.15) is 43.4 Å². The highest BCUT2D eigenvalue weighted by Crippen LogP contribution is 2.44. The van der Waals surface area contributed by atoms with Crippen LogP contribution in [0.25, 0.3) is 0 Å². The smallest absolute Gasteiger partial charge is 0.345 e. The van der Waals surface area contributed by atoms with Gasteiger partial charge in [-0.05, 0) is 24.5 Å². The van der Waals surface area contributed by atoms with E-state index in [0.29, 0.717) is 37.4 Å². The molecule has 0 bridgehead atoms. The van der Waals surface area contributed by atoms with E-state index in [9.17, 15) is 19.5 Å². The molecular formula is C17H17N3O5S. The third kappa shape index (κ3) is 2.82. The van der Waals surface area contributed by atoms with E-state index in [1.807, 2.05) is 0 Å². The topological polar surface area (TPSA) is 113 Å². The third-order valence-corrected chi connectivity index (χ3v) is 6.15. The molecule has 26 heavy (non-hydrogen) atoms. The second-order valence-electron chi connectivity index (χ2n) is 6.43. The van der Waals surface area contributed by atoms with Gasteiger partial charge in [0.25, 0.3) is 11.5 Å². The van der Waals surface area contributed by atoms with Gasteiger partial charge in [0.2, 0.25) is 0 Å². The first-order chi connectivity index (χ1) is 12.5. The average Bonchev–Trinajstić information content (AvgIpc) is 3.09. The van der Waals surface area contributed by atoms with Crippen molar-refractivity contribution in [2.24, 2.45) is 0 Å². The van der Waals surface area contributed by atoms with Gasteiger partial charge in [-0.3, -0.25) is 9.59 Å². The quantitative estimate of drug-likeness (QED) is 0.816. The van der Waals surface area contributed by atoms with E-state index in [2.05, 4.69) is 9.97 Å². The first-order valence-corrected chi connectivity index (χ1v) is 9.15. The highest BCUT2D eigenvalue weighted by Gasteiger charge is 2.43. The summed E-state index contributed by atoms with van der Waals surface area (Å²) < 4.78 is 6.09. The monoisotopic (exact) mass is 375 g/mol. The number of piperidine rings is 1. The van der Waals surface area contributed by atoms with Crippen molar-refractivity contribution in [3.63, 3.8) is 0 Å². The minimum Gasteiger partial charge on any atom is -0.477 e. The average molecular weight is 375 g/mol. The number of hydrogen-bond donors (Lipinski definition) is 2. The molecule has 8 nitrogen and oxygen atoms in total. The number of aromatic nitrogens is 2. The number of nitrogens with zero attached hydrogens (tertiary/aromatic N) is 2. The highest BCUT2D eigenvalue weighted by atomic mass is 32.1. The number of aromatic carboxylic acids is 1. The minimum atomic E-state index is -0.920. The number of carbonyl (C=O) groups is 2. The molecule has 2 aromatic heterocycles. The molecule has 0 aliphatic carbocycles. The Balaban J connectivity index is 1.53. The molecule has 0 atom stereocenters. The van der Waals surface area contributed by atoms with Crippen LogP contribution in [0, 0.1) is 0 Å². The van der Waals surface area contributed by atoms with Gasteiger partial charge >= 0.3 is 5.97 Å². The third-order valence-electron chi connectivity index (χ3n) is 4.97.